The van der Waals surface area contributed by atoms with Gasteiger partial charge < -0.3 is 5.11 Å². The summed E-state index contributed by atoms with van der Waals surface area (Å²) in [6.07, 6.45) is 0. The minimum absolute atomic E-state index is 0.0591. The summed E-state index contributed by atoms with van der Waals surface area (Å²) in [5.41, 5.74) is -2.49. The van der Waals surface area contributed by atoms with Gasteiger partial charge in [-0.15, -0.1) is 0 Å². The highest BCUT2D eigenvalue weighted by Crippen LogP contribution is 2.34. The number of hydrogen-bond donors (Lipinski definition) is 1. The molecular formula is C15H9F2NO5. The van der Waals surface area contributed by atoms with Gasteiger partial charge in [0.2, 0.25) is 0 Å². The third-order valence-electron chi connectivity index (χ3n) is 3.10. The first kappa shape index (κ1) is 16.2. The van der Waals surface area contributed by atoms with Crippen LogP contribution in [0.5, 0.6) is 0 Å². The van der Waals surface area contributed by atoms with Gasteiger partial charge in [0.25, 0.3) is 5.69 Å². The predicted molar refractivity (Wildman–Crippen MR) is 74.5 cm³/mol. The van der Waals surface area contributed by atoms with Gasteiger partial charge in [0, 0.05) is 23.3 Å². The quantitative estimate of drug-likeness (QED) is 0.518. The summed E-state index contributed by atoms with van der Waals surface area (Å²) in [6.45, 7) is 0. The summed E-state index contributed by atoms with van der Waals surface area (Å²) in [6, 6.07) is 9.47. The second kappa shape index (κ2) is 5.91. The SMILES string of the molecule is O=C(c1ccccc1)c1ccc([N+](=O)[O-])cc1C(F)(F)C(=O)O. The van der Waals surface area contributed by atoms with E-state index in [0.717, 1.165) is 12.1 Å². The van der Waals surface area contributed by atoms with E-state index in [2.05, 4.69) is 0 Å². The molecule has 0 aliphatic carbocycles. The molecular weight excluding hydrogens is 312 g/mol. The molecule has 6 nitrogen and oxygen atoms in total. The van der Waals surface area contributed by atoms with Gasteiger partial charge in [0.05, 0.1) is 10.5 Å². The van der Waals surface area contributed by atoms with Crippen LogP contribution in [0.25, 0.3) is 0 Å². The number of carbonyl (C=O) groups excluding carboxylic acids is 1. The molecule has 2 rings (SSSR count). The summed E-state index contributed by atoms with van der Waals surface area (Å²) >= 11 is 0. The van der Waals surface area contributed by atoms with E-state index < -0.39 is 39.4 Å². The predicted octanol–water partition coefficient (Wildman–Crippen LogP) is 3.00. The van der Waals surface area contributed by atoms with Crippen LogP contribution in [-0.4, -0.2) is 21.8 Å². The third-order valence-corrected chi connectivity index (χ3v) is 3.10. The van der Waals surface area contributed by atoms with Gasteiger partial charge in [-0.1, -0.05) is 30.3 Å². The van der Waals surface area contributed by atoms with Gasteiger partial charge in [-0.05, 0) is 6.07 Å². The molecule has 23 heavy (non-hydrogen) atoms. The number of benzene rings is 2. The monoisotopic (exact) mass is 321 g/mol. The summed E-state index contributed by atoms with van der Waals surface area (Å²) in [5.74, 6) is -7.79. The lowest BCUT2D eigenvalue weighted by molar-refractivity contribution is -0.385. The van der Waals surface area contributed by atoms with Crippen molar-refractivity contribution in [2.75, 3.05) is 0 Å². The number of nitrogens with zero attached hydrogens (tertiary/aromatic N) is 1. The molecule has 0 saturated carbocycles. The molecule has 0 heterocycles. The number of non-ortho nitro benzene ring substituents is 1. The zero-order chi connectivity index (χ0) is 17.2. The zero-order valence-electron chi connectivity index (χ0n) is 11.4. The van der Waals surface area contributed by atoms with Gasteiger partial charge in [0.1, 0.15) is 0 Å². The van der Waals surface area contributed by atoms with Crippen molar-refractivity contribution >= 4 is 17.4 Å². The summed E-state index contributed by atoms with van der Waals surface area (Å²) in [4.78, 5) is 32.9. The van der Waals surface area contributed by atoms with Crippen LogP contribution in [0.1, 0.15) is 21.5 Å². The topological polar surface area (TPSA) is 97.5 Å². The van der Waals surface area contributed by atoms with E-state index in [1.54, 1.807) is 6.07 Å². The lowest BCUT2D eigenvalue weighted by atomic mass is 9.94. The molecule has 0 amide bonds. The van der Waals surface area contributed by atoms with Crippen LogP contribution in [0.15, 0.2) is 48.5 Å². The maximum absolute atomic E-state index is 13.9. The molecule has 0 aliphatic heterocycles. The Labute approximate surface area is 128 Å². The molecule has 8 heteroatoms. The summed E-state index contributed by atoms with van der Waals surface area (Å²) in [5, 5.41) is 19.4. The Morgan fingerprint density at radius 1 is 1.09 bits per heavy atom. The van der Waals surface area contributed by atoms with E-state index in [9.17, 15) is 28.5 Å². The second-order valence-corrected chi connectivity index (χ2v) is 4.56. The molecule has 0 saturated heterocycles. The van der Waals surface area contributed by atoms with Crippen molar-refractivity contribution in [1.82, 2.24) is 0 Å². The largest absolute Gasteiger partial charge is 0.477 e. The first-order valence-corrected chi connectivity index (χ1v) is 6.25. The fourth-order valence-corrected chi connectivity index (χ4v) is 1.96. The first-order valence-electron chi connectivity index (χ1n) is 6.25. The summed E-state index contributed by atoms with van der Waals surface area (Å²) in [7, 11) is 0. The molecule has 0 aliphatic rings. The number of carboxylic acid groups (broad SMARTS) is 1. The highest BCUT2D eigenvalue weighted by Gasteiger charge is 2.44. The Morgan fingerprint density at radius 3 is 2.22 bits per heavy atom. The first-order chi connectivity index (χ1) is 10.7. The van der Waals surface area contributed by atoms with E-state index in [1.807, 2.05) is 0 Å². The van der Waals surface area contributed by atoms with Crippen molar-refractivity contribution in [3.05, 3.63) is 75.3 Å². The Morgan fingerprint density at radius 2 is 1.70 bits per heavy atom. The fourth-order valence-electron chi connectivity index (χ4n) is 1.96. The Hall–Kier alpha value is -3.16. The normalized spacial score (nSPS) is 11.0. The Kier molecular flexibility index (Phi) is 4.17. The number of rotatable bonds is 5. The van der Waals surface area contributed by atoms with Crippen molar-refractivity contribution in [1.29, 1.82) is 0 Å². The van der Waals surface area contributed by atoms with Gasteiger partial charge in [0.15, 0.2) is 5.78 Å². The molecule has 0 unspecified atom stereocenters. The van der Waals surface area contributed by atoms with Crippen LogP contribution in [0, 0.1) is 10.1 Å². The molecule has 2 aromatic rings. The maximum atomic E-state index is 13.9. The molecule has 118 valence electrons. The third kappa shape index (κ3) is 3.05. The number of carboxylic acids is 1. The number of alkyl halides is 2. The molecule has 0 radical (unpaired) electrons. The van der Waals surface area contributed by atoms with Gasteiger partial charge in [-0.2, -0.15) is 8.78 Å². The average Bonchev–Trinajstić information content (AvgIpc) is 2.54. The van der Waals surface area contributed by atoms with Crippen molar-refractivity contribution in [3.8, 4) is 0 Å². The van der Waals surface area contributed by atoms with Crippen LogP contribution in [0.2, 0.25) is 0 Å². The number of nitro benzene ring substituents is 1. The highest BCUT2D eigenvalue weighted by molar-refractivity contribution is 6.10. The lowest BCUT2D eigenvalue weighted by Crippen LogP contribution is -2.28. The van der Waals surface area contributed by atoms with Crippen molar-refractivity contribution in [2.45, 2.75) is 5.92 Å². The van der Waals surface area contributed by atoms with E-state index in [-0.39, 0.29) is 5.56 Å². The molecule has 2 aromatic carbocycles. The minimum atomic E-state index is -4.44. The lowest BCUT2D eigenvalue weighted by Gasteiger charge is -2.15. The summed E-state index contributed by atoms with van der Waals surface area (Å²) < 4.78 is 27.8. The second-order valence-electron chi connectivity index (χ2n) is 4.56. The fraction of sp³-hybridized carbons (Fsp3) is 0.0667. The molecule has 0 bridgehead atoms. The van der Waals surface area contributed by atoms with Gasteiger partial charge in [-0.25, -0.2) is 4.79 Å². The van der Waals surface area contributed by atoms with E-state index in [1.165, 1.54) is 24.3 Å². The number of carbonyl (C=O) groups is 2. The van der Waals surface area contributed by atoms with Crippen LogP contribution in [0.4, 0.5) is 14.5 Å². The van der Waals surface area contributed by atoms with E-state index in [4.69, 9.17) is 5.11 Å². The van der Waals surface area contributed by atoms with E-state index >= 15 is 0 Å². The average molecular weight is 321 g/mol. The molecule has 0 atom stereocenters. The standard InChI is InChI=1S/C15H9F2NO5/c16-15(17,14(20)21)12-8-10(18(22)23)6-7-11(12)13(19)9-4-2-1-3-5-9/h1-8H,(H,20,21). The highest BCUT2D eigenvalue weighted by atomic mass is 19.3. The number of halogens is 2. The van der Waals surface area contributed by atoms with Crippen LogP contribution >= 0.6 is 0 Å². The van der Waals surface area contributed by atoms with Crippen LogP contribution < -0.4 is 0 Å². The van der Waals surface area contributed by atoms with Gasteiger partial charge >= 0.3 is 11.9 Å². The number of ketones is 1. The number of nitro groups is 1. The van der Waals surface area contributed by atoms with Crippen LogP contribution in [-0.2, 0) is 10.7 Å². The van der Waals surface area contributed by atoms with Crippen molar-refractivity contribution in [2.24, 2.45) is 0 Å². The van der Waals surface area contributed by atoms with E-state index in [0.29, 0.717) is 6.07 Å². The Bertz CT molecular complexity index is 790. The molecule has 0 aromatic heterocycles. The minimum Gasteiger partial charge on any atom is -0.477 e. The smallest absolute Gasteiger partial charge is 0.379 e. The Balaban J connectivity index is 2.66. The van der Waals surface area contributed by atoms with Crippen molar-refractivity contribution in [3.63, 3.8) is 0 Å². The van der Waals surface area contributed by atoms with Crippen molar-refractivity contribution < 1.29 is 28.4 Å². The number of hydrogen-bond acceptors (Lipinski definition) is 4. The molecule has 0 fully saturated rings. The van der Waals surface area contributed by atoms with Crippen LogP contribution in [0.3, 0.4) is 0 Å². The molecule has 1 N–H and O–H groups in total. The maximum Gasteiger partial charge on any atom is 0.379 e. The van der Waals surface area contributed by atoms with Gasteiger partial charge in [-0.3, -0.25) is 14.9 Å². The molecule has 0 spiro atoms. The zero-order valence-corrected chi connectivity index (χ0v) is 11.4. The number of aliphatic carboxylic acids is 1.